The van der Waals surface area contributed by atoms with Gasteiger partial charge < -0.3 is 9.84 Å². The Balaban J connectivity index is 1.80. The van der Waals surface area contributed by atoms with Crippen molar-refractivity contribution in [1.29, 1.82) is 0 Å². The quantitative estimate of drug-likeness (QED) is 0.901. The predicted octanol–water partition coefficient (Wildman–Crippen LogP) is 0.687. The van der Waals surface area contributed by atoms with Crippen LogP contribution in [0.5, 0.6) is 0 Å². The van der Waals surface area contributed by atoms with E-state index < -0.39 is 17.5 Å². The summed E-state index contributed by atoms with van der Waals surface area (Å²) >= 11 is 0. The molecule has 3 rings (SSSR count). The van der Waals surface area contributed by atoms with Gasteiger partial charge in [0.25, 0.3) is 0 Å². The molecule has 7 nitrogen and oxygen atoms in total. The Morgan fingerprint density at radius 1 is 1.45 bits per heavy atom. The minimum atomic E-state index is -4.49. The lowest BCUT2D eigenvalue weighted by Gasteiger charge is -2.15. The number of hydrogen-bond donors (Lipinski definition) is 1. The number of rotatable bonds is 3. The Hall–Kier alpha value is -1.94. The second-order valence-corrected chi connectivity index (χ2v) is 5.28. The largest absolute Gasteiger partial charge is 0.435 e. The average molecular weight is 317 g/mol. The summed E-state index contributed by atoms with van der Waals surface area (Å²) in [6.45, 7) is 0.638. The number of nitrogens with zero attached hydrogens (tertiary/aromatic N) is 5. The molecule has 1 aliphatic rings. The van der Waals surface area contributed by atoms with Crippen molar-refractivity contribution in [3.8, 4) is 0 Å². The van der Waals surface area contributed by atoms with Crippen molar-refractivity contribution in [1.82, 2.24) is 24.8 Å². The van der Waals surface area contributed by atoms with Crippen molar-refractivity contribution >= 4 is 0 Å². The highest BCUT2D eigenvalue weighted by atomic mass is 19.4. The summed E-state index contributed by atoms with van der Waals surface area (Å²) < 4.78 is 45.5. The topological polar surface area (TPSA) is 78.0 Å². The number of ether oxygens (including phenoxy) is 1. The van der Waals surface area contributed by atoms with E-state index in [-0.39, 0.29) is 13.2 Å². The zero-order valence-electron chi connectivity index (χ0n) is 11.7. The molecular weight excluding hydrogens is 303 g/mol. The summed E-state index contributed by atoms with van der Waals surface area (Å²) in [4.78, 5) is 0. The first-order valence-corrected chi connectivity index (χ1v) is 6.59. The van der Waals surface area contributed by atoms with Crippen LogP contribution in [0.25, 0.3) is 0 Å². The van der Waals surface area contributed by atoms with Crippen molar-refractivity contribution in [3.05, 3.63) is 29.3 Å². The van der Waals surface area contributed by atoms with Gasteiger partial charge in [0.15, 0.2) is 5.69 Å². The van der Waals surface area contributed by atoms with Gasteiger partial charge in [-0.05, 0) is 6.07 Å². The fourth-order valence-electron chi connectivity index (χ4n) is 2.30. The van der Waals surface area contributed by atoms with Gasteiger partial charge in [-0.15, -0.1) is 5.10 Å². The molecule has 120 valence electrons. The summed E-state index contributed by atoms with van der Waals surface area (Å²) in [6, 6.07) is 0.967. The van der Waals surface area contributed by atoms with E-state index in [0.29, 0.717) is 24.4 Å². The van der Waals surface area contributed by atoms with Gasteiger partial charge in [-0.1, -0.05) is 5.21 Å². The molecule has 0 aromatic carbocycles. The lowest BCUT2D eigenvalue weighted by atomic mass is 10.0. The second kappa shape index (κ2) is 5.06. The van der Waals surface area contributed by atoms with Crippen LogP contribution in [0, 0.1) is 0 Å². The summed E-state index contributed by atoms with van der Waals surface area (Å²) in [6.07, 6.45) is -2.57. The first-order valence-electron chi connectivity index (χ1n) is 6.59. The Labute approximate surface area is 123 Å². The van der Waals surface area contributed by atoms with Crippen LogP contribution < -0.4 is 0 Å². The maximum atomic E-state index is 12.6. The number of alkyl halides is 3. The van der Waals surface area contributed by atoms with Crippen LogP contribution in [0.3, 0.4) is 0 Å². The molecule has 1 unspecified atom stereocenters. The number of aromatic nitrogens is 5. The van der Waals surface area contributed by atoms with E-state index in [4.69, 9.17) is 4.74 Å². The van der Waals surface area contributed by atoms with Crippen LogP contribution in [0.1, 0.15) is 23.5 Å². The van der Waals surface area contributed by atoms with Crippen molar-refractivity contribution in [2.24, 2.45) is 7.05 Å². The van der Waals surface area contributed by atoms with Crippen LogP contribution >= 0.6 is 0 Å². The van der Waals surface area contributed by atoms with Gasteiger partial charge >= 0.3 is 6.18 Å². The monoisotopic (exact) mass is 317 g/mol. The third kappa shape index (κ3) is 2.71. The molecule has 2 aromatic heterocycles. The molecule has 0 radical (unpaired) electrons. The number of aliphatic hydroxyl groups is 1. The van der Waals surface area contributed by atoms with E-state index in [0.717, 1.165) is 10.7 Å². The van der Waals surface area contributed by atoms with E-state index in [2.05, 4.69) is 15.4 Å². The third-order valence-corrected chi connectivity index (χ3v) is 3.61. The summed E-state index contributed by atoms with van der Waals surface area (Å²) in [7, 11) is 1.43. The number of aryl methyl sites for hydroxylation is 1. The molecule has 1 N–H and O–H groups in total. The van der Waals surface area contributed by atoms with Crippen LogP contribution in [0.4, 0.5) is 13.2 Å². The molecule has 3 heterocycles. The van der Waals surface area contributed by atoms with E-state index in [9.17, 15) is 18.3 Å². The molecule has 1 fully saturated rings. The van der Waals surface area contributed by atoms with Gasteiger partial charge in [-0.2, -0.15) is 18.3 Å². The number of hydrogen-bond acceptors (Lipinski definition) is 5. The fraction of sp³-hybridized carbons (Fsp3) is 0.583. The van der Waals surface area contributed by atoms with Crippen LogP contribution in [-0.4, -0.2) is 43.1 Å². The van der Waals surface area contributed by atoms with Crippen molar-refractivity contribution < 1.29 is 23.0 Å². The summed E-state index contributed by atoms with van der Waals surface area (Å²) in [5.74, 6) is 0. The molecule has 0 amide bonds. The SMILES string of the molecule is Cn1nc(C(F)(F)F)cc1Cn1cc(C2(O)CCOC2)nn1. The van der Waals surface area contributed by atoms with Gasteiger partial charge in [-0.25, -0.2) is 4.68 Å². The molecule has 1 atom stereocenters. The van der Waals surface area contributed by atoms with E-state index in [1.54, 1.807) is 0 Å². The molecular formula is C12H14F3N5O2. The molecule has 10 heteroatoms. The van der Waals surface area contributed by atoms with Gasteiger partial charge in [0.05, 0.1) is 25.0 Å². The van der Waals surface area contributed by atoms with E-state index >= 15 is 0 Å². The summed E-state index contributed by atoms with van der Waals surface area (Å²) in [5, 5.41) is 21.5. The molecule has 1 aliphatic heterocycles. The molecule has 0 bridgehead atoms. The van der Waals surface area contributed by atoms with Crippen molar-refractivity contribution in [3.63, 3.8) is 0 Å². The lowest BCUT2D eigenvalue weighted by molar-refractivity contribution is -0.141. The molecule has 0 spiro atoms. The summed E-state index contributed by atoms with van der Waals surface area (Å²) in [5.41, 5.74) is -1.45. The normalized spacial score (nSPS) is 22.4. The highest BCUT2D eigenvalue weighted by Crippen LogP contribution is 2.29. The maximum absolute atomic E-state index is 12.6. The zero-order chi connectivity index (χ0) is 16.0. The van der Waals surface area contributed by atoms with E-state index in [1.807, 2.05) is 0 Å². The van der Waals surface area contributed by atoms with E-state index in [1.165, 1.54) is 17.9 Å². The molecule has 0 saturated carbocycles. The molecule has 2 aromatic rings. The minimum Gasteiger partial charge on any atom is -0.381 e. The lowest BCUT2D eigenvalue weighted by Crippen LogP contribution is -2.26. The number of halogens is 3. The van der Waals surface area contributed by atoms with Crippen LogP contribution in [0.2, 0.25) is 0 Å². The fourth-order valence-corrected chi connectivity index (χ4v) is 2.30. The Morgan fingerprint density at radius 2 is 2.23 bits per heavy atom. The third-order valence-electron chi connectivity index (χ3n) is 3.61. The predicted molar refractivity (Wildman–Crippen MR) is 66.7 cm³/mol. The maximum Gasteiger partial charge on any atom is 0.435 e. The molecule has 1 saturated heterocycles. The minimum absolute atomic E-state index is 0.0729. The first-order chi connectivity index (χ1) is 10.3. The molecule has 22 heavy (non-hydrogen) atoms. The Kier molecular flexibility index (Phi) is 3.44. The Morgan fingerprint density at radius 3 is 2.82 bits per heavy atom. The Bertz CT molecular complexity index is 673. The van der Waals surface area contributed by atoms with Gasteiger partial charge in [0, 0.05) is 20.1 Å². The van der Waals surface area contributed by atoms with Crippen LogP contribution in [0.15, 0.2) is 12.3 Å². The smallest absolute Gasteiger partial charge is 0.381 e. The highest BCUT2D eigenvalue weighted by Gasteiger charge is 2.37. The zero-order valence-corrected chi connectivity index (χ0v) is 11.7. The van der Waals surface area contributed by atoms with Gasteiger partial charge in [0.1, 0.15) is 11.3 Å². The van der Waals surface area contributed by atoms with Crippen LogP contribution in [-0.2, 0) is 30.1 Å². The van der Waals surface area contributed by atoms with Gasteiger partial charge in [0.2, 0.25) is 0 Å². The highest BCUT2D eigenvalue weighted by molar-refractivity contribution is 5.14. The van der Waals surface area contributed by atoms with Crippen molar-refractivity contribution in [2.75, 3.05) is 13.2 Å². The van der Waals surface area contributed by atoms with Gasteiger partial charge in [-0.3, -0.25) is 4.68 Å². The first kappa shape index (κ1) is 15.0. The average Bonchev–Trinajstić information content (AvgIpc) is 3.11. The second-order valence-electron chi connectivity index (χ2n) is 5.28. The van der Waals surface area contributed by atoms with Crippen molar-refractivity contribution in [2.45, 2.75) is 24.7 Å². The molecule has 0 aliphatic carbocycles. The standard InChI is InChI=1S/C12H14F3N5O2/c1-19-8(4-9(17-19)12(13,14)15)5-20-6-10(16-18-20)11(21)2-3-22-7-11/h4,6,21H,2-3,5,7H2,1H3.